The van der Waals surface area contributed by atoms with Crippen molar-refractivity contribution in [3.05, 3.63) is 57.8 Å². The Morgan fingerprint density at radius 2 is 1.92 bits per heavy atom. The van der Waals surface area contributed by atoms with E-state index in [4.69, 9.17) is 4.74 Å². The highest BCUT2D eigenvalue weighted by atomic mass is 32.1. The van der Waals surface area contributed by atoms with Crippen LogP contribution in [0.3, 0.4) is 0 Å². The van der Waals surface area contributed by atoms with E-state index in [-0.39, 0.29) is 0 Å². The lowest BCUT2D eigenvalue weighted by Gasteiger charge is -2.35. The molecular weight excluding hydrogens is 332 g/mol. The quantitative estimate of drug-likeness (QED) is 0.785. The van der Waals surface area contributed by atoms with Gasteiger partial charge in [0.15, 0.2) is 0 Å². The van der Waals surface area contributed by atoms with Gasteiger partial charge in [-0.15, -0.1) is 11.3 Å². The van der Waals surface area contributed by atoms with Crippen LogP contribution in [0.15, 0.2) is 41.8 Å². The van der Waals surface area contributed by atoms with E-state index in [9.17, 15) is 5.11 Å². The number of hydrogen-bond acceptors (Lipinski definition) is 5. The Hall–Kier alpha value is -1.24. The van der Waals surface area contributed by atoms with Crippen molar-refractivity contribution in [2.24, 2.45) is 0 Å². The number of benzene rings is 1. The maximum absolute atomic E-state index is 10.2. The molecule has 1 aromatic carbocycles. The van der Waals surface area contributed by atoms with Gasteiger partial charge in [0.1, 0.15) is 0 Å². The Balaban J connectivity index is 1.33. The molecule has 2 aromatic rings. The third kappa shape index (κ3) is 6.20. The van der Waals surface area contributed by atoms with E-state index in [1.165, 1.54) is 16.0 Å². The van der Waals surface area contributed by atoms with Crippen molar-refractivity contribution in [3.63, 3.8) is 0 Å². The number of ether oxygens (including phenoxy) is 1. The molecule has 136 valence electrons. The number of nitrogens with zero attached hydrogens (tertiary/aromatic N) is 2. The first kappa shape index (κ1) is 18.5. The summed E-state index contributed by atoms with van der Waals surface area (Å²) in [5.41, 5.74) is 2.71. The monoisotopic (exact) mass is 360 g/mol. The normalized spacial score (nSPS) is 17.7. The van der Waals surface area contributed by atoms with Gasteiger partial charge in [-0.25, -0.2) is 0 Å². The lowest BCUT2D eigenvalue weighted by atomic mass is 10.1. The zero-order valence-electron chi connectivity index (χ0n) is 14.9. The Morgan fingerprint density at radius 3 is 2.64 bits per heavy atom. The van der Waals surface area contributed by atoms with Gasteiger partial charge in [-0.2, -0.15) is 0 Å². The number of aliphatic hydroxyl groups is 1. The molecule has 0 bridgehead atoms. The zero-order chi connectivity index (χ0) is 17.5. The van der Waals surface area contributed by atoms with Crippen molar-refractivity contribution in [2.75, 3.05) is 39.3 Å². The summed E-state index contributed by atoms with van der Waals surface area (Å²) in [5, 5.41) is 12.2. The van der Waals surface area contributed by atoms with E-state index in [1.54, 1.807) is 11.3 Å². The third-order valence-corrected chi connectivity index (χ3v) is 5.41. The highest BCUT2D eigenvalue weighted by Crippen LogP contribution is 2.12. The molecule has 1 saturated heterocycles. The summed E-state index contributed by atoms with van der Waals surface area (Å²) in [7, 11) is 0. The minimum absolute atomic E-state index is 0.404. The van der Waals surface area contributed by atoms with Gasteiger partial charge >= 0.3 is 0 Å². The number of β-amino-alcohol motifs (C(OH)–C–C–N with tert-alkyl or cyclic N) is 1. The summed E-state index contributed by atoms with van der Waals surface area (Å²) in [6, 6.07) is 12.8. The fourth-order valence-corrected chi connectivity index (χ4v) is 3.88. The number of rotatable bonds is 8. The Kier molecular flexibility index (Phi) is 7.02. The summed E-state index contributed by atoms with van der Waals surface area (Å²) in [6.45, 7) is 8.98. The van der Waals surface area contributed by atoms with Gasteiger partial charge in [-0.05, 0) is 23.9 Å². The predicted octanol–water partition coefficient (Wildman–Crippen LogP) is 2.75. The molecule has 1 aliphatic heterocycles. The van der Waals surface area contributed by atoms with Crippen LogP contribution in [0.1, 0.15) is 16.0 Å². The smallest absolute Gasteiger partial charge is 0.0900 e. The van der Waals surface area contributed by atoms with Crippen molar-refractivity contribution in [3.8, 4) is 0 Å². The van der Waals surface area contributed by atoms with Crippen LogP contribution < -0.4 is 0 Å². The van der Waals surface area contributed by atoms with Gasteiger partial charge in [0.25, 0.3) is 0 Å². The maximum Gasteiger partial charge on any atom is 0.0900 e. The molecule has 1 N–H and O–H groups in total. The van der Waals surface area contributed by atoms with Crippen LogP contribution in [0, 0.1) is 6.92 Å². The first-order valence-corrected chi connectivity index (χ1v) is 9.85. The van der Waals surface area contributed by atoms with E-state index in [0.29, 0.717) is 19.8 Å². The number of thiophene rings is 1. The predicted molar refractivity (Wildman–Crippen MR) is 103 cm³/mol. The molecule has 0 aliphatic carbocycles. The third-order valence-electron chi connectivity index (χ3n) is 4.56. The van der Waals surface area contributed by atoms with Crippen molar-refractivity contribution in [2.45, 2.75) is 26.2 Å². The number of aliphatic hydroxyl groups excluding tert-OH is 1. The van der Waals surface area contributed by atoms with Crippen LogP contribution >= 0.6 is 11.3 Å². The standard InChI is InChI=1S/C20H28N2O2S/c1-17-4-2-5-18(12-17)13-21-7-9-22(10-8-21)14-19(23)15-24-16-20-6-3-11-25-20/h2-6,11-12,19,23H,7-10,13-16H2,1H3. The molecule has 1 unspecified atom stereocenters. The second-order valence-corrected chi connectivity index (χ2v) is 7.85. The van der Waals surface area contributed by atoms with Crippen LogP contribution in [0.25, 0.3) is 0 Å². The first-order chi connectivity index (χ1) is 12.2. The van der Waals surface area contributed by atoms with Gasteiger partial charge in [-0.3, -0.25) is 9.80 Å². The van der Waals surface area contributed by atoms with Gasteiger partial charge in [0.2, 0.25) is 0 Å². The van der Waals surface area contributed by atoms with Crippen LogP contribution in [0.4, 0.5) is 0 Å². The van der Waals surface area contributed by atoms with Gasteiger partial charge in [-0.1, -0.05) is 35.9 Å². The molecule has 0 saturated carbocycles. The van der Waals surface area contributed by atoms with Crippen molar-refractivity contribution < 1.29 is 9.84 Å². The van der Waals surface area contributed by atoms with Crippen molar-refractivity contribution in [1.29, 1.82) is 0 Å². The molecule has 4 nitrogen and oxygen atoms in total. The molecule has 0 amide bonds. The summed E-state index contributed by atoms with van der Waals surface area (Å²) in [4.78, 5) is 6.04. The molecule has 0 radical (unpaired) electrons. The van der Waals surface area contributed by atoms with E-state index < -0.39 is 6.10 Å². The SMILES string of the molecule is Cc1cccc(CN2CCN(CC(O)COCc3cccs3)CC2)c1. The van der Waals surface area contributed by atoms with Crippen LogP contribution in [0.2, 0.25) is 0 Å². The zero-order valence-corrected chi connectivity index (χ0v) is 15.8. The Labute approximate surface area is 154 Å². The molecule has 3 rings (SSSR count). The summed E-state index contributed by atoms with van der Waals surface area (Å²) < 4.78 is 5.62. The van der Waals surface area contributed by atoms with Crippen molar-refractivity contribution >= 4 is 11.3 Å². The van der Waals surface area contributed by atoms with Gasteiger partial charge in [0, 0.05) is 44.1 Å². The number of piperazine rings is 1. The molecule has 1 atom stereocenters. The fourth-order valence-electron chi connectivity index (χ4n) is 3.24. The largest absolute Gasteiger partial charge is 0.389 e. The van der Waals surface area contributed by atoms with Crippen LogP contribution in [-0.4, -0.2) is 60.3 Å². The lowest BCUT2D eigenvalue weighted by Crippen LogP contribution is -2.48. The second kappa shape index (κ2) is 9.46. The number of hydrogen-bond donors (Lipinski definition) is 1. The second-order valence-electron chi connectivity index (χ2n) is 6.81. The molecule has 1 fully saturated rings. The summed E-state index contributed by atoms with van der Waals surface area (Å²) >= 11 is 1.69. The lowest BCUT2D eigenvalue weighted by molar-refractivity contribution is 0.00153. The van der Waals surface area contributed by atoms with Gasteiger partial charge < -0.3 is 9.84 Å². The average molecular weight is 361 g/mol. The average Bonchev–Trinajstić information content (AvgIpc) is 3.10. The highest BCUT2D eigenvalue weighted by Gasteiger charge is 2.19. The molecule has 5 heteroatoms. The van der Waals surface area contributed by atoms with Gasteiger partial charge in [0.05, 0.1) is 19.3 Å². The van der Waals surface area contributed by atoms with E-state index in [1.807, 2.05) is 11.4 Å². The van der Waals surface area contributed by atoms with E-state index >= 15 is 0 Å². The molecular formula is C20H28N2O2S. The van der Waals surface area contributed by atoms with Crippen molar-refractivity contribution in [1.82, 2.24) is 9.80 Å². The first-order valence-electron chi connectivity index (χ1n) is 8.97. The molecule has 25 heavy (non-hydrogen) atoms. The summed E-state index contributed by atoms with van der Waals surface area (Å²) in [6.07, 6.45) is -0.414. The topological polar surface area (TPSA) is 35.9 Å². The summed E-state index contributed by atoms with van der Waals surface area (Å²) in [5.74, 6) is 0. The molecule has 0 spiro atoms. The molecule has 1 aliphatic rings. The maximum atomic E-state index is 10.2. The molecule has 2 heterocycles. The number of aryl methyl sites for hydroxylation is 1. The van der Waals surface area contributed by atoms with Crippen LogP contribution in [-0.2, 0) is 17.9 Å². The highest BCUT2D eigenvalue weighted by molar-refractivity contribution is 7.09. The van der Waals surface area contributed by atoms with E-state index in [2.05, 4.69) is 47.1 Å². The van der Waals surface area contributed by atoms with Crippen LogP contribution in [0.5, 0.6) is 0 Å². The van der Waals surface area contributed by atoms with E-state index in [0.717, 1.165) is 32.7 Å². The minimum atomic E-state index is -0.414. The minimum Gasteiger partial charge on any atom is -0.389 e. The fraction of sp³-hybridized carbons (Fsp3) is 0.500. The Morgan fingerprint density at radius 1 is 1.12 bits per heavy atom. The Bertz CT molecular complexity index is 624. The molecule has 1 aromatic heterocycles.